The maximum atomic E-state index is 4.49. The Labute approximate surface area is 212 Å². The normalized spacial score (nSPS) is 24.4. The van der Waals surface area contributed by atoms with Crippen molar-refractivity contribution in [1.82, 2.24) is 0 Å². The molecular formula is C35H29N. The molecule has 0 saturated carbocycles. The predicted molar refractivity (Wildman–Crippen MR) is 152 cm³/mol. The van der Waals surface area contributed by atoms with Crippen LogP contribution in [0.1, 0.15) is 18.4 Å². The third-order valence-electron chi connectivity index (χ3n) is 8.18. The van der Waals surface area contributed by atoms with E-state index in [4.69, 9.17) is 0 Å². The predicted octanol–water partition coefficient (Wildman–Crippen LogP) is 6.46. The topological polar surface area (TPSA) is 12.4 Å². The van der Waals surface area contributed by atoms with Crippen molar-refractivity contribution in [3.63, 3.8) is 0 Å². The van der Waals surface area contributed by atoms with Gasteiger partial charge in [0.05, 0.1) is 0 Å². The van der Waals surface area contributed by atoms with Crippen LogP contribution in [0, 0.1) is 17.8 Å². The zero-order chi connectivity index (χ0) is 23.9. The summed E-state index contributed by atoms with van der Waals surface area (Å²) >= 11 is 0. The summed E-state index contributed by atoms with van der Waals surface area (Å²) in [5.74, 6) is 1.41. The minimum absolute atomic E-state index is 0.373. The minimum atomic E-state index is 0.373. The SMILES string of the molecule is C1=CCC2C(=C1)C(c1ccc3ccccc3c1)=c1ccccc1=C2C1=CCC(C2C=CC=NC2)C=C1. The molecular weight excluding hydrogens is 434 g/mol. The zero-order valence-corrected chi connectivity index (χ0v) is 20.3. The molecule has 0 aromatic heterocycles. The van der Waals surface area contributed by atoms with Crippen molar-refractivity contribution in [2.45, 2.75) is 12.8 Å². The molecule has 0 spiro atoms. The van der Waals surface area contributed by atoms with Crippen LogP contribution >= 0.6 is 0 Å². The van der Waals surface area contributed by atoms with Crippen LogP contribution in [0.15, 0.2) is 131 Å². The van der Waals surface area contributed by atoms with Crippen LogP contribution < -0.4 is 10.4 Å². The lowest BCUT2D eigenvalue weighted by Crippen LogP contribution is -2.38. The van der Waals surface area contributed by atoms with E-state index in [0.717, 1.165) is 19.4 Å². The largest absolute Gasteiger partial charge is 0.293 e. The van der Waals surface area contributed by atoms with E-state index < -0.39 is 0 Å². The average Bonchev–Trinajstić information content (AvgIpc) is 2.96. The van der Waals surface area contributed by atoms with E-state index in [0.29, 0.717) is 17.8 Å². The van der Waals surface area contributed by atoms with Crippen LogP contribution in [0.2, 0.25) is 0 Å². The molecule has 174 valence electrons. The maximum Gasteiger partial charge on any atom is 0.0457 e. The second kappa shape index (κ2) is 8.91. The second-order valence-electron chi connectivity index (χ2n) is 10.2. The van der Waals surface area contributed by atoms with Gasteiger partial charge >= 0.3 is 0 Å². The van der Waals surface area contributed by atoms with Gasteiger partial charge in [-0.3, -0.25) is 4.99 Å². The van der Waals surface area contributed by atoms with Gasteiger partial charge in [0.25, 0.3) is 0 Å². The van der Waals surface area contributed by atoms with Crippen molar-refractivity contribution in [3.05, 3.63) is 142 Å². The summed E-state index contributed by atoms with van der Waals surface area (Å²) in [5, 5.41) is 5.32. The van der Waals surface area contributed by atoms with Crippen molar-refractivity contribution in [1.29, 1.82) is 0 Å². The highest BCUT2D eigenvalue weighted by Gasteiger charge is 2.30. The van der Waals surface area contributed by atoms with Gasteiger partial charge in [-0.25, -0.2) is 0 Å². The Bertz CT molecular complexity index is 1670. The van der Waals surface area contributed by atoms with Crippen LogP contribution in [0.25, 0.3) is 21.9 Å². The summed E-state index contributed by atoms with van der Waals surface area (Å²) in [7, 11) is 0. The summed E-state index contributed by atoms with van der Waals surface area (Å²) in [6.07, 6.45) is 22.7. The lowest BCUT2D eigenvalue weighted by atomic mass is 9.71. The number of fused-ring (bicyclic) bond motifs is 3. The van der Waals surface area contributed by atoms with E-state index >= 15 is 0 Å². The Kier molecular flexibility index (Phi) is 5.28. The van der Waals surface area contributed by atoms with Crippen LogP contribution in [0.3, 0.4) is 0 Å². The monoisotopic (exact) mass is 463 g/mol. The second-order valence-corrected chi connectivity index (χ2v) is 10.2. The number of rotatable bonds is 3. The Balaban J connectivity index is 1.41. The van der Waals surface area contributed by atoms with Crippen LogP contribution in [0.4, 0.5) is 0 Å². The first kappa shape index (κ1) is 21.3. The first-order valence-corrected chi connectivity index (χ1v) is 13.1. The third-order valence-corrected chi connectivity index (χ3v) is 8.18. The molecule has 3 aromatic rings. The van der Waals surface area contributed by atoms with Gasteiger partial charge in [0.1, 0.15) is 0 Å². The summed E-state index contributed by atoms with van der Waals surface area (Å²) in [5.41, 5.74) is 7.02. The van der Waals surface area contributed by atoms with Crippen LogP contribution in [-0.4, -0.2) is 12.8 Å². The lowest BCUT2D eigenvalue weighted by Gasteiger charge is -2.33. The fourth-order valence-corrected chi connectivity index (χ4v) is 6.39. The molecule has 0 radical (unpaired) electrons. The Morgan fingerprint density at radius 3 is 2.44 bits per heavy atom. The standard InChI is InChI=1S/C35H29N/c1-2-9-27-22-28(20-17-24(27)8-1)35-32-13-5-3-11-30(32)34(31-12-4-6-14-33(31)35)26-18-15-25(16-19-26)29-10-7-21-36-23-29/h1-11,13-15,17-22,25,29,31H,12,16,23H2. The highest BCUT2D eigenvalue weighted by atomic mass is 14.7. The first-order valence-electron chi connectivity index (χ1n) is 13.1. The number of aliphatic imine (C=N–C) groups is 1. The fraction of sp³-hybridized carbons (Fsp3) is 0.171. The fourth-order valence-electron chi connectivity index (χ4n) is 6.39. The number of benzene rings is 3. The van der Waals surface area contributed by atoms with Gasteiger partial charge in [-0.15, -0.1) is 0 Å². The number of allylic oxidation sites excluding steroid dienone is 9. The summed E-state index contributed by atoms with van der Waals surface area (Å²) in [6.45, 7) is 0.901. The molecule has 36 heavy (non-hydrogen) atoms. The average molecular weight is 464 g/mol. The van der Waals surface area contributed by atoms with Crippen LogP contribution in [0.5, 0.6) is 0 Å². The molecule has 0 fully saturated rings. The smallest absolute Gasteiger partial charge is 0.0457 e. The Morgan fingerprint density at radius 2 is 1.61 bits per heavy atom. The third kappa shape index (κ3) is 3.58. The number of dihydropyridines is 1. The van der Waals surface area contributed by atoms with Crippen molar-refractivity contribution in [3.8, 4) is 0 Å². The molecule has 0 saturated heterocycles. The summed E-state index contributed by atoms with van der Waals surface area (Å²) in [4.78, 5) is 4.49. The van der Waals surface area contributed by atoms with Gasteiger partial charge in [-0.2, -0.15) is 0 Å². The van der Waals surface area contributed by atoms with Crippen LogP contribution in [-0.2, 0) is 0 Å². The van der Waals surface area contributed by atoms with Crippen molar-refractivity contribution in [2.24, 2.45) is 22.7 Å². The van der Waals surface area contributed by atoms with Gasteiger partial charge in [0, 0.05) is 24.6 Å². The quantitative estimate of drug-likeness (QED) is 0.422. The van der Waals surface area contributed by atoms with E-state index in [1.54, 1.807) is 0 Å². The van der Waals surface area contributed by atoms with Gasteiger partial charge in [0.15, 0.2) is 0 Å². The van der Waals surface area contributed by atoms with Gasteiger partial charge < -0.3 is 0 Å². The van der Waals surface area contributed by atoms with E-state index in [9.17, 15) is 0 Å². The van der Waals surface area contributed by atoms with Crippen molar-refractivity contribution in [2.75, 3.05) is 6.54 Å². The summed E-state index contributed by atoms with van der Waals surface area (Å²) < 4.78 is 0. The van der Waals surface area contributed by atoms with E-state index in [-0.39, 0.29) is 0 Å². The number of hydrogen-bond donors (Lipinski definition) is 0. The Hall–Kier alpha value is -3.97. The molecule has 3 aromatic carbocycles. The zero-order valence-electron chi connectivity index (χ0n) is 20.3. The molecule has 0 amide bonds. The minimum Gasteiger partial charge on any atom is -0.293 e. The summed E-state index contributed by atoms with van der Waals surface area (Å²) in [6, 6.07) is 24.6. The molecule has 3 aliphatic carbocycles. The lowest BCUT2D eigenvalue weighted by molar-refractivity contribution is 0.483. The van der Waals surface area contributed by atoms with Crippen molar-refractivity contribution >= 4 is 28.1 Å². The van der Waals surface area contributed by atoms with E-state index in [1.165, 1.54) is 49.1 Å². The number of hydrogen-bond acceptors (Lipinski definition) is 1. The molecule has 1 nitrogen and oxygen atoms in total. The molecule has 3 unspecified atom stereocenters. The molecule has 1 aliphatic heterocycles. The molecule has 4 aliphatic rings. The molecule has 0 N–H and O–H groups in total. The molecule has 1 heterocycles. The highest BCUT2D eigenvalue weighted by molar-refractivity contribution is 5.93. The number of nitrogens with zero attached hydrogens (tertiary/aromatic N) is 1. The molecule has 0 bridgehead atoms. The van der Waals surface area contributed by atoms with Crippen molar-refractivity contribution < 1.29 is 0 Å². The molecule has 3 atom stereocenters. The molecule has 1 heteroatoms. The van der Waals surface area contributed by atoms with Gasteiger partial charge in [0.2, 0.25) is 0 Å². The first-order chi connectivity index (χ1) is 17.9. The van der Waals surface area contributed by atoms with E-state index in [2.05, 4.69) is 120 Å². The van der Waals surface area contributed by atoms with Gasteiger partial charge in [-0.05, 0) is 80.0 Å². The maximum absolute atomic E-state index is 4.49. The highest BCUT2D eigenvalue weighted by Crippen LogP contribution is 2.42. The van der Waals surface area contributed by atoms with E-state index in [1.807, 2.05) is 6.21 Å². The Morgan fingerprint density at radius 1 is 0.750 bits per heavy atom. The van der Waals surface area contributed by atoms with Gasteiger partial charge in [-0.1, -0.05) is 103 Å². The molecule has 7 rings (SSSR count).